The van der Waals surface area contributed by atoms with Crippen LogP contribution < -0.4 is 11.2 Å². The average molecular weight is 272 g/mol. The molecule has 0 aliphatic carbocycles. The minimum atomic E-state index is -0.396. The second kappa shape index (κ2) is 6.24. The Morgan fingerprint density at radius 3 is 2.44 bits per heavy atom. The van der Waals surface area contributed by atoms with Crippen LogP contribution in [-0.2, 0) is 4.74 Å². The molecule has 0 aliphatic rings. The van der Waals surface area contributed by atoms with Gasteiger partial charge in [-0.15, -0.1) is 11.8 Å². The molecule has 6 heteroatoms. The van der Waals surface area contributed by atoms with Crippen LogP contribution in [0.2, 0.25) is 0 Å². The van der Waals surface area contributed by atoms with Gasteiger partial charge in [0.25, 0.3) is 5.56 Å². The van der Waals surface area contributed by atoms with Crippen LogP contribution in [0.3, 0.4) is 0 Å². The monoisotopic (exact) mass is 272 g/mol. The minimum absolute atomic E-state index is 0.0944. The van der Waals surface area contributed by atoms with E-state index in [4.69, 9.17) is 4.74 Å². The first kappa shape index (κ1) is 15.0. The summed E-state index contributed by atoms with van der Waals surface area (Å²) in [4.78, 5) is 25.6. The van der Waals surface area contributed by atoms with Crippen LogP contribution in [-0.4, -0.2) is 29.0 Å². The first-order valence-electron chi connectivity index (χ1n) is 5.80. The van der Waals surface area contributed by atoms with Gasteiger partial charge in [0.05, 0.1) is 6.10 Å². The summed E-state index contributed by atoms with van der Waals surface area (Å²) in [5.74, 6) is 0.270. The maximum atomic E-state index is 11.9. The molecule has 0 amide bonds. The zero-order valence-corrected chi connectivity index (χ0v) is 12.2. The maximum Gasteiger partial charge on any atom is 0.329 e. The van der Waals surface area contributed by atoms with E-state index in [9.17, 15) is 9.59 Å². The predicted octanol–water partition coefficient (Wildman–Crippen LogP) is 1.38. The Morgan fingerprint density at radius 2 is 2.00 bits per heavy atom. The number of hydrogen-bond donors (Lipinski definition) is 1. The lowest BCUT2D eigenvalue weighted by molar-refractivity contribution is 0.0469. The van der Waals surface area contributed by atoms with Crippen LogP contribution >= 0.6 is 11.8 Å². The van der Waals surface area contributed by atoms with E-state index in [0.717, 1.165) is 0 Å². The molecule has 0 bridgehead atoms. The number of aryl methyl sites for hydroxylation is 1. The Morgan fingerprint density at radius 1 is 1.39 bits per heavy atom. The molecular formula is C12H20N2O3S. The number of rotatable bonds is 5. The standard InChI is InChI=1S/C12H20N2O3S/c1-7(2)9(17-4)11(18-5)14-6-8(3)10(15)13-12(14)16/h6-7,9,11H,1-5H3,(H,13,15,16)/t9-,11-/m0/s1. The molecule has 102 valence electrons. The third-order valence-corrected chi connectivity index (χ3v) is 3.85. The fourth-order valence-corrected chi connectivity index (χ4v) is 2.98. The summed E-state index contributed by atoms with van der Waals surface area (Å²) in [6, 6.07) is 0. The Kier molecular flexibility index (Phi) is 5.22. The lowest BCUT2D eigenvalue weighted by Gasteiger charge is -2.29. The van der Waals surface area contributed by atoms with Crippen molar-refractivity contribution in [2.45, 2.75) is 32.2 Å². The fraction of sp³-hybridized carbons (Fsp3) is 0.667. The Labute approximate surface area is 111 Å². The highest BCUT2D eigenvalue weighted by Crippen LogP contribution is 2.28. The second-order valence-electron chi connectivity index (χ2n) is 4.55. The molecule has 5 nitrogen and oxygen atoms in total. The van der Waals surface area contributed by atoms with Crippen LogP contribution in [0.1, 0.15) is 24.8 Å². The van der Waals surface area contributed by atoms with Gasteiger partial charge in [0.1, 0.15) is 5.37 Å². The van der Waals surface area contributed by atoms with E-state index in [1.54, 1.807) is 20.2 Å². The number of hydrogen-bond acceptors (Lipinski definition) is 4. The second-order valence-corrected chi connectivity index (χ2v) is 5.50. The first-order valence-corrected chi connectivity index (χ1v) is 7.08. The summed E-state index contributed by atoms with van der Waals surface area (Å²) in [6.45, 7) is 5.77. The number of thioether (sulfide) groups is 1. The zero-order valence-electron chi connectivity index (χ0n) is 11.4. The van der Waals surface area contributed by atoms with Gasteiger partial charge in [-0.2, -0.15) is 0 Å². The van der Waals surface area contributed by atoms with Crippen LogP contribution in [0.15, 0.2) is 15.8 Å². The van der Waals surface area contributed by atoms with Gasteiger partial charge in [0.15, 0.2) is 0 Å². The third-order valence-electron chi connectivity index (χ3n) is 2.87. The van der Waals surface area contributed by atoms with Gasteiger partial charge >= 0.3 is 5.69 Å². The molecule has 2 atom stereocenters. The summed E-state index contributed by atoms with van der Waals surface area (Å²) in [5.41, 5.74) is -0.213. The molecule has 0 unspecified atom stereocenters. The third kappa shape index (κ3) is 3.05. The summed E-state index contributed by atoms with van der Waals surface area (Å²) in [5, 5.41) is -0.155. The van der Waals surface area contributed by atoms with Gasteiger partial charge in [-0.05, 0) is 19.1 Å². The molecule has 0 radical (unpaired) electrons. The van der Waals surface area contributed by atoms with Gasteiger partial charge in [-0.3, -0.25) is 14.3 Å². The molecule has 1 N–H and O–H groups in total. The highest BCUT2D eigenvalue weighted by Gasteiger charge is 2.26. The van der Waals surface area contributed by atoms with Crippen molar-refractivity contribution in [3.8, 4) is 0 Å². The van der Waals surface area contributed by atoms with E-state index in [-0.39, 0.29) is 23.0 Å². The van der Waals surface area contributed by atoms with Crippen molar-refractivity contribution >= 4 is 11.8 Å². The zero-order chi connectivity index (χ0) is 13.9. The molecule has 0 aromatic carbocycles. The van der Waals surface area contributed by atoms with E-state index in [0.29, 0.717) is 5.56 Å². The van der Waals surface area contributed by atoms with Gasteiger partial charge in [0, 0.05) is 18.9 Å². The number of nitrogens with one attached hydrogen (secondary N) is 1. The van der Waals surface area contributed by atoms with Crippen molar-refractivity contribution < 1.29 is 4.74 Å². The molecule has 0 spiro atoms. The van der Waals surface area contributed by atoms with Gasteiger partial charge in [-0.25, -0.2) is 4.79 Å². The summed E-state index contributed by atoms with van der Waals surface area (Å²) in [7, 11) is 1.64. The summed E-state index contributed by atoms with van der Waals surface area (Å²) in [6.07, 6.45) is 3.42. The van der Waals surface area contributed by atoms with Crippen molar-refractivity contribution in [2.24, 2.45) is 5.92 Å². The molecular weight excluding hydrogens is 252 g/mol. The van der Waals surface area contributed by atoms with Crippen molar-refractivity contribution in [1.82, 2.24) is 9.55 Å². The van der Waals surface area contributed by atoms with E-state index in [1.165, 1.54) is 16.3 Å². The van der Waals surface area contributed by atoms with Gasteiger partial charge < -0.3 is 4.74 Å². The lowest BCUT2D eigenvalue weighted by atomic mass is 10.1. The molecule has 1 rings (SSSR count). The molecule has 1 heterocycles. The molecule has 0 saturated carbocycles. The number of methoxy groups -OCH3 is 1. The molecule has 1 aromatic rings. The number of nitrogens with zero attached hydrogens (tertiary/aromatic N) is 1. The van der Waals surface area contributed by atoms with Crippen LogP contribution in [0.4, 0.5) is 0 Å². The van der Waals surface area contributed by atoms with Gasteiger partial charge in [-0.1, -0.05) is 13.8 Å². The van der Waals surface area contributed by atoms with Crippen molar-refractivity contribution in [3.63, 3.8) is 0 Å². The van der Waals surface area contributed by atoms with Gasteiger partial charge in [0.2, 0.25) is 0 Å². The van der Waals surface area contributed by atoms with Crippen LogP contribution in [0.5, 0.6) is 0 Å². The van der Waals surface area contributed by atoms with Crippen molar-refractivity contribution in [1.29, 1.82) is 0 Å². The van der Waals surface area contributed by atoms with E-state index in [1.807, 2.05) is 20.1 Å². The first-order chi connectivity index (χ1) is 8.42. The number of aromatic amines is 1. The highest BCUT2D eigenvalue weighted by atomic mass is 32.2. The van der Waals surface area contributed by atoms with Crippen LogP contribution in [0.25, 0.3) is 0 Å². The molecule has 0 fully saturated rings. The summed E-state index contributed by atoms with van der Waals surface area (Å²) >= 11 is 1.53. The topological polar surface area (TPSA) is 64.1 Å². The molecule has 0 saturated heterocycles. The van der Waals surface area contributed by atoms with E-state index in [2.05, 4.69) is 4.98 Å². The molecule has 1 aromatic heterocycles. The predicted molar refractivity (Wildman–Crippen MR) is 74.2 cm³/mol. The number of aromatic nitrogens is 2. The average Bonchev–Trinajstić information content (AvgIpc) is 2.30. The Balaban J connectivity index is 3.28. The highest BCUT2D eigenvalue weighted by molar-refractivity contribution is 7.98. The fourth-order valence-electron chi connectivity index (χ4n) is 1.90. The van der Waals surface area contributed by atoms with E-state index < -0.39 is 5.69 Å². The minimum Gasteiger partial charge on any atom is -0.378 e. The Hall–Kier alpha value is -1.01. The summed E-state index contributed by atoms with van der Waals surface area (Å²) < 4.78 is 7.01. The largest absolute Gasteiger partial charge is 0.378 e. The van der Waals surface area contributed by atoms with E-state index >= 15 is 0 Å². The Bertz CT molecular complexity index is 507. The number of H-pyrrole nitrogens is 1. The lowest BCUT2D eigenvalue weighted by Crippen LogP contribution is -2.38. The molecule has 18 heavy (non-hydrogen) atoms. The normalized spacial score (nSPS) is 14.8. The van der Waals surface area contributed by atoms with Crippen molar-refractivity contribution in [3.05, 3.63) is 32.6 Å². The quantitative estimate of drug-likeness (QED) is 0.879. The van der Waals surface area contributed by atoms with Crippen LogP contribution in [0, 0.1) is 12.8 Å². The smallest absolute Gasteiger partial charge is 0.329 e. The number of ether oxygens (including phenoxy) is 1. The molecule has 0 aliphatic heterocycles. The van der Waals surface area contributed by atoms with Crippen molar-refractivity contribution in [2.75, 3.05) is 13.4 Å². The maximum absolute atomic E-state index is 11.9. The SMILES string of the molecule is CO[C@@H](C(C)C)[C@H](SC)n1cc(C)c(=O)[nH]c1=O.